The molecule has 0 fully saturated rings. The second-order valence-corrected chi connectivity index (χ2v) is 5.59. The van der Waals surface area contributed by atoms with Crippen molar-refractivity contribution in [2.75, 3.05) is 0 Å². The fourth-order valence-electron chi connectivity index (χ4n) is 2.96. The van der Waals surface area contributed by atoms with Crippen LogP contribution in [0.1, 0.15) is 5.56 Å². The highest BCUT2D eigenvalue weighted by Crippen LogP contribution is 2.21. The van der Waals surface area contributed by atoms with Crippen LogP contribution < -0.4 is 5.69 Å². The molecule has 5 nitrogen and oxygen atoms in total. The first-order chi connectivity index (χ1) is 10.6. The predicted molar refractivity (Wildman–Crippen MR) is 87.0 cm³/mol. The van der Waals surface area contributed by atoms with Crippen LogP contribution in [-0.2, 0) is 20.6 Å². The minimum Gasteiger partial charge on any atom is -0.326 e. The minimum absolute atomic E-state index is 0.0164. The first kappa shape index (κ1) is 12.9. The molecular formula is C17H16N4O. The van der Waals surface area contributed by atoms with E-state index in [1.807, 2.05) is 36.7 Å². The fourth-order valence-corrected chi connectivity index (χ4v) is 2.96. The summed E-state index contributed by atoms with van der Waals surface area (Å²) >= 11 is 0. The average Bonchev–Trinajstić information content (AvgIpc) is 3.02. The minimum atomic E-state index is -0.0164. The summed E-state index contributed by atoms with van der Waals surface area (Å²) in [5.41, 5.74) is 4.99. The van der Waals surface area contributed by atoms with Gasteiger partial charge in [0.05, 0.1) is 28.4 Å². The summed E-state index contributed by atoms with van der Waals surface area (Å²) in [6, 6.07) is 14.3. The van der Waals surface area contributed by atoms with Crippen molar-refractivity contribution in [1.29, 1.82) is 0 Å². The van der Waals surface area contributed by atoms with Crippen molar-refractivity contribution in [3.63, 3.8) is 0 Å². The van der Waals surface area contributed by atoms with Gasteiger partial charge in [0.1, 0.15) is 0 Å². The molecule has 2 aromatic heterocycles. The van der Waals surface area contributed by atoms with E-state index in [9.17, 15) is 4.79 Å². The summed E-state index contributed by atoms with van der Waals surface area (Å²) in [5, 5.41) is 0. The van der Waals surface area contributed by atoms with E-state index in [4.69, 9.17) is 0 Å². The van der Waals surface area contributed by atoms with Crippen LogP contribution in [0.15, 0.2) is 53.6 Å². The zero-order valence-corrected chi connectivity index (χ0v) is 12.5. The molecule has 0 unspecified atom stereocenters. The molecule has 0 aliphatic rings. The average molecular weight is 292 g/mol. The molecule has 5 heteroatoms. The Balaban J connectivity index is 1.93. The van der Waals surface area contributed by atoms with Gasteiger partial charge in [-0.1, -0.05) is 30.3 Å². The van der Waals surface area contributed by atoms with Crippen molar-refractivity contribution in [3.05, 3.63) is 64.8 Å². The number of hydrogen-bond acceptors (Lipinski definition) is 2. The Labute approximate surface area is 127 Å². The van der Waals surface area contributed by atoms with Crippen LogP contribution in [0.2, 0.25) is 0 Å². The highest BCUT2D eigenvalue weighted by Gasteiger charge is 2.12. The Hall–Kier alpha value is -2.82. The van der Waals surface area contributed by atoms with E-state index in [1.165, 1.54) is 5.56 Å². The number of aromatic nitrogens is 4. The van der Waals surface area contributed by atoms with Crippen molar-refractivity contribution in [2.24, 2.45) is 14.1 Å². The van der Waals surface area contributed by atoms with Crippen LogP contribution in [-0.4, -0.2) is 18.7 Å². The maximum Gasteiger partial charge on any atom is 0.328 e. The van der Waals surface area contributed by atoms with Gasteiger partial charge in [-0.15, -0.1) is 0 Å². The van der Waals surface area contributed by atoms with E-state index in [1.54, 1.807) is 23.2 Å². The van der Waals surface area contributed by atoms with E-state index in [0.29, 0.717) is 0 Å². The number of benzene rings is 2. The van der Waals surface area contributed by atoms with E-state index in [2.05, 4.69) is 21.7 Å². The van der Waals surface area contributed by atoms with Crippen LogP contribution in [0, 0.1) is 0 Å². The first-order valence-electron chi connectivity index (χ1n) is 7.19. The zero-order chi connectivity index (χ0) is 15.3. The molecule has 0 saturated heterocycles. The van der Waals surface area contributed by atoms with Gasteiger partial charge in [-0.2, -0.15) is 0 Å². The summed E-state index contributed by atoms with van der Waals surface area (Å²) < 4.78 is 5.45. The van der Waals surface area contributed by atoms with Gasteiger partial charge >= 0.3 is 5.69 Å². The van der Waals surface area contributed by atoms with Gasteiger partial charge in [0.25, 0.3) is 0 Å². The molecule has 0 radical (unpaired) electrons. The standard InChI is InChI=1S/C17H16N4O/c1-19-15-8-13-14(9-16(15)20(2)17(19)22)21(11-18-13)10-12-6-4-3-5-7-12/h3-9,11H,10H2,1-2H3. The van der Waals surface area contributed by atoms with Gasteiger partial charge < -0.3 is 4.57 Å². The maximum absolute atomic E-state index is 12.1. The van der Waals surface area contributed by atoms with Crippen LogP contribution >= 0.6 is 0 Å². The monoisotopic (exact) mass is 292 g/mol. The summed E-state index contributed by atoms with van der Waals surface area (Å²) in [6.07, 6.45) is 1.86. The van der Waals surface area contributed by atoms with Crippen molar-refractivity contribution < 1.29 is 0 Å². The molecule has 4 rings (SSSR count). The number of rotatable bonds is 2. The molecule has 0 N–H and O–H groups in total. The molecule has 0 bridgehead atoms. The van der Waals surface area contributed by atoms with Gasteiger partial charge in [0, 0.05) is 20.6 Å². The van der Waals surface area contributed by atoms with Gasteiger partial charge in [-0.3, -0.25) is 9.13 Å². The highest BCUT2D eigenvalue weighted by atomic mass is 16.1. The highest BCUT2D eigenvalue weighted by molar-refractivity contribution is 5.92. The Bertz CT molecular complexity index is 1040. The molecule has 2 heterocycles. The topological polar surface area (TPSA) is 44.8 Å². The lowest BCUT2D eigenvalue weighted by Gasteiger charge is -2.05. The Morgan fingerprint density at radius 3 is 2.36 bits per heavy atom. The smallest absolute Gasteiger partial charge is 0.326 e. The number of aryl methyl sites for hydroxylation is 2. The molecule has 22 heavy (non-hydrogen) atoms. The van der Waals surface area contributed by atoms with Gasteiger partial charge in [0.2, 0.25) is 0 Å². The number of hydrogen-bond donors (Lipinski definition) is 0. The van der Waals surface area contributed by atoms with Crippen molar-refractivity contribution in [1.82, 2.24) is 18.7 Å². The van der Waals surface area contributed by atoms with Gasteiger partial charge in [-0.05, 0) is 17.7 Å². The fraction of sp³-hybridized carbons (Fsp3) is 0.176. The maximum atomic E-state index is 12.1. The van der Waals surface area contributed by atoms with E-state index in [-0.39, 0.29) is 5.69 Å². The lowest BCUT2D eigenvalue weighted by atomic mass is 10.2. The SMILES string of the molecule is Cn1c(=O)n(C)c2cc3c(cc21)ncn3Cc1ccccc1. The van der Waals surface area contributed by atoms with Crippen LogP contribution in [0.4, 0.5) is 0 Å². The molecule has 0 atom stereocenters. The van der Waals surface area contributed by atoms with E-state index < -0.39 is 0 Å². The number of fused-ring (bicyclic) bond motifs is 2. The predicted octanol–water partition coefficient (Wildman–Crippen LogP) is 2.27. The van der Waals surface area contributed by atoms with Crippen LogP contribution in [0.25, 0.3) is 22.1 Å². The molecule has 0 aliphatic heterocycles. The number of imidazole rings is 2. The van der Waals surface area contributed by atoms with Crippen molar-refractivity contribution >= 4 is 22.1 Å². The molecular weight excluding hydrogens is 276 g/mol. The quantitative estimate of drug-likeness (QED) is 0.569. The molecule has 2 aromatic carbocycles. The lowest BCUT2D eigenvalue weighted by molar-refractivity contribution is 0.794. The largest absolute Gasteiger partial charge is 0.328 e. The lowest BCUT2D eigenvalue weighted by Crippen LogP contribution is -2.19. The summed E-state index contributed by atoms with van der Waals surface area (Å²) in [4.78, 5) is 16.5. The molecule has 0 aliphatic carbocycles. The third-order valence-corrected chi connectivity index (χ3v) is 4.21. The van der Waals surface area contributed by atoms with Crippen LogP contribution in [0.5, 0.6) is 0 Å². The van der Waals surface area contributed by atoms with Crippen molar-refractivity contribution in [2.45, 2.75) is 6.54 Å². The van der Waals surface area contributed by atoms with Gasteiger partial charge in [0.15, 0.2) is 0 Å². The Kier molecular flexibility index (Phi) is 2.69. The second kappa shape index (κ2) is 4.59. The molecule has 4 aromatic rings. The van der Waals surface area contributed by atoms with Gasteiger partial charge in [-0.25, -0.2) is 9.78 Å². The molecule has 0 saturated carbocycles. The molecule has 0 amide bonds. The molecule has 0 spiro atoms. The zero-order valence-electron chi connectivity index (χ0n) is 12.5. The van der Waals surface area contributed by atoms with Crippen molar-refractivity contribution in [3.8, 4) is 0 Å². The third kappa shape index (κ3) is 1.79. The Morgan fingerprint density at radius 1 is 0.955 bits per heavy atom. The second-order valence-electron chi connectivity index (χ2n) is 5.59. The van der Waals surface area contributed by atoms with E-state index in [0.717, 1.165) is 28.6 Å². The normalized spacial score (nSPS) is 11.5. The Morgan fingerprint density at radius 2 is 1.64 bits per heavy atom. The summed E-state index contributed by atoms with van der Waals surface area (Å²) in [6.45, 7) is 0.767. The number of nitrogens with zero attached hydrogens (tertiary/aromatic N) is 4. The summed E-state index contributed by atoms with van der Waals surface area (Å²) in [5.74, 6) is 0. The summed E-state index contributed by atoms with van der Waals surface area (Å²) in [7, 11) is 3.59. The molecule has 110 valence electrons. The first-order valence-corrected chi connectivity index (χ1v) is 7.19. The van der Waals surface area contributed by atoms with E-state index >= 15 is 0 Å². The van der Waals surface area contributed by atoms with Crippen LogP contribution in [0.3, 0.4) is 0 Å². The third-order valence-electron chi connectivity index (χ3n) is 4.21.